The summed E-state index contributed by atoms with van der Waals surface area (Å²) in [7, 11) is 0. The van der Waals surface area contributed by atoms with Gasteiger partial charge in [-0.1, -0.05) is 46.3 Å². The highest BCUT2D eigenvalue weighted by molar-refractivity contribution is 9.09. The standard InChI is InChI=1S/C16H18BrNOS/c1-11-8-15(20-12(11)2)16(19)18-14(10-17)9-13-6-4-3-5-7-13/h3-8,14H,9-10H2,1-2H3,(H,18,19). The Bertz CT molecular complexity index is 560. The maximum Gasteiger partial charge on any atom is 0.261 e. The number of nitrogens with one attached hydrogen (secondary N) is 1. The van der Waals surface area contributed by atoms with Crippen LogP contribution in [0.15, 0.2) is 36.4 Å². The monoisotopic (exact) mass is 351 g/mol. The van der Waals surface area contributed by atoms with Crippen LogP contribution in [0.4, 0.5) is 0 Å². The van der Waals surface area contributed by atoms with E-state index in [0.717, 1.165) is 16.6 Å². The van der Waals surface area contributed by atoms with E-state index in [2.05, 4.69) is 33.4 Å². The SMILES string of the molecule is Cc1cc(C(=O)NC(CBr)Cc2ccccc2)sc1C. The van der Waals surface area contributed by atoms with Crippen LogP contribution in [0.25, 0.3) is 0 Å². The first-order chi connectivity index (χ1) is 9.60. The zero-order valence-corrected chi connectivity index (χ0v) is 14.1. The Morgan fingerprint density at radius 3 is 2.55 bits per heavy atom. The summed E-state index contributed by atoms with van der Waals surface area (Å²) in [6.07, 6.45) is 0.834. The molecule has 1 unspecified atom stereocenters. The molecular weight excluding hydrogens is 334 g/mol. The highest BCUT2D eigenvalue weighted by atomic mass is 79.9. The largest absolute Gasteiger partial charge is 0.347 e. The van der Waals surface area contributed by atoms with E-state index in [4.69, 9.17) is 0 Å². The van der Waals surface area contributed by atoms with Gasteiger partial charge < -0.3 is 5.32 Å². The highest BCUT2D eigenvalue weighted by Crippen LogP contribution is 2.20. The van der Waals surface area contributed by atoms with Gasteiger partial charge in [0.05, 0.1) is 4.88 Å². The Labute approximate surface area is 132 Å². The van der Waals surface area contributed by atoms with Crippen molar-refractivity contribution in [2.45, 2.75) is 26.3 Å². The molecule has 0 spiro atoms. The first-order valence-corrected chi connectivity index (χ1v) is 8.51. The first kappa shape index (κ1) is 15.3. The fourth-order valence-corrected chi connectivity index (χ4v) is 3.31. The minimum atomic E-state index is 0.0200. The first-order valence-electron chi connectivity index (χ1n) is 6.58. The van der Waals surface area contributed by atoms with Crippen LogP contribution in [0.3, 0.4) is 0 Å². The molecular formula is C16H18BrNOS. The lowest BCUT2D eigenvalue weighted by Gasteiger charge is -2.15. The van der Waals surface area contributed by atoms with Crippen molar-refractivity contribution >= 4 is 33.2 Å². The summed E-state index contributed by atoms with van der Waals surface area (Å²) in [5, 5.41) is 3.84. The van der Waals surface area contributed by atoms with Crippen LogP contribution < -0.4 is 5.32 Å². The van der Waals surface area contributed by atoms with E-state index in [0.29, 0.717) is 0 Å². The van der Waals surface area contributed by atoms with Crippen molar-refractivity contribution in [3.8, 4) is 0 Å². The number of hydrogen-bond acceptors (Lipinski definition) is 2. The predicted molar refractivity (Wildman–Crippen MR) is 89.0 cm³/mol. The summed E-state index contributed by atoms with van der Waals surface area (Å²) < 4.78 is 0. The van der Waals surface area contributed by atoms with Crippen molar-refractivity contribution in [1.82, 2.24) is 5.32 Å². The molecule has 106 valence electrons. The van der Waals surface area contributed by atoms with Gasteiger partial charge >= 0.3 is 0 Å². The molecule has 1 amide bonds. The molecule has 1 heterocycles. The normalized spacial score (nSPS) is 12.2. The smallest absolute Gasteiger partial charge is 0.261 e. The number of hydrogen-bond donors (Lipinski definition) is 1. The molecule has 0 aliphatic rings. The zero-order valence-electron chi connectivity index (χ0n) is 11.7. The third kappa shape index (κ3) is 3.93. The molecule has 1 N–H and O–H groups in total. The van der Waals surface area contributed by atoms with Crippen LogP contribution >= 0.6 is 27.3 Å². The van der Waals surface area contributed by atoms with Crippen LogP contribution in [0.5, 0.6) is 0 Å². The van der Waals surface area contributed by atoms with Gasteiger partial charge in [-0.3, -0.25) is 4.79 Å². The van der Waals surface area contributed by atoms with E-state index in [1.54, 1.807) is 11.3 Å². The minimum Gasteiger partial charge on any atom is -0.347 e. The second-order valence-electron chi connectivity index (χ2n) is 4.86. The van der Waals surface area contributed by atoms with E-state index >= 15 is 0 Å². The molecule has 0 saturated heterocycles. The van der Waals surface area contributed by atoms with Crippen molar-refractivity contribution in [2.75, 3.05) is 5.33 Å². The second-order valence-corrected chi connectivity index (χ2v) is 6.77. The third-order valence-electron chi connectivity index (χ3n) is 3.24. The number of thiophene rings is 1. The summed E-state index contributed by atoms with van der Waals surface area (Å²) in [4.78, 5) is 14.2. The van der Waals surface area contributed by atoms with Gasteiger partial charge in [0, 0.05) is 16.2 Å². The maximum atomic E-state index is 12.2. The number of carbonyl (C=O) groups is 1. The van der Waals surface area contributed by atoms with Crippen molar-refractivity contribution in [2.24, 2.45) is 0 Å². The Morgan fingerprint density at radius 2 is 2.00 bits per heavy atom. The van der Waals surface area contributed by atoms with Crippen molar-refractivity contribution in [3.63, 3.8) is 0 Å². The lowest BCUT2D eigenvalue weighted by Crippen LogP contribution is -2.37. The molecule has 2 nitrogen and oxygen atoms in total. The highest BCUT2D eigenvalue weighted by Gasteiger charge is 2.15. The Hall–Kier alpha value is -1.13. The van der Waals surface area contributed by atoms with Crippen LogP contribution in [0, 0.1) is 13.8 Å². The van der Waals surface area contributed by atoms with Gasteiger partial charge in [0.25, 0.3) is 5.91 Å². The summed E-state index contributed by atoms with van der Waals surface area (Å²) in [6, 6.07) is 12.3. The number of amides is 1. The number of alkyl halides is 1. The summed E-state index contributed by atoms with van der Waals surface area (Å²) >= 11 is 5.04. The number of halogens is 1. The van der Waals surface area contributed by atoms with E-state index in [1.807, 2.05) is 38.1 Å². The number of aryl methyl sites for hydroxylation is 2. The maximum absolute atomic E-state index is 12.2. The average molecular weight is 352 g/mol. The minimum absolute atomic E-state index is 0.0200. The summed E-state index contributed by atoms with van der Waals surface area (Å²) in [5.74, 6) is 0.0200. The summed E-state index contributed by atoms with van der Waals surface area (Å²) in [5.41, 5.74) is 2.41. The van der Waals surface area contributed by atoms with Gasteiger partial charge in [-0.15, -0.1) is 11.3 Å². The van der Waals surface area contributed by atoms with Gasteiger partial charge in [-0.05, 0) is 37.5 Å². The predicted octanol–water partition coefficient (Wildman–Crippen LogP) is 4.10. The van der Waals surface area contributed by atoms with E-state index in [-0.39, 0.29) is 11.9 Å². The zero-order chi connectivity index (χ0) is 14.5. The van der Waals surface area contributed by atoms with Gasteiger partial charge in [0.1, 0.15) is 0 Å². The van der Waals surface area contributed by atoms with E-state index in [1.165, 1.54) is 16.0 Å². The van der Waals surface area contributed by atoms with Gasteiger partial charge in [0.2, 0.25) is 0 Å². The Kier molecular flexibility index (Phi) is 5.38. The average Bonchev–Trinajstić information content (AvgIpc) is 2.79. The molecule has 0 aliphatic carbocycles. The van der Waals surface area contributed by atoms with Gasteiger partial charge in [-0.2, -0.15) is 0 Å². The topological polar surface area (TPSA) is 29.1 Å². The lowest BCUT2D eigenvalue weighted by atomic mass is 10.1. The Balaban J connectivity index is 2.01. The quantitative estimate of drug-likeness (QED) is 0.807. The summed E-state index contributed by atoms with van der Waals surface area (Å²) in [6.45, 7) is 4.08. The van der Waals surface area contributed by atoms with Gasteiger partial charge in [0.15, 0.2) is 0 Å². The van der Waals surface area contributed by atoms with Crippen LogP contribution in [0.1, 0.15) is 25.7 Å². The van der Waals surface area contributed by atoms with Crippen molar-refractivity contribution in [1.29, 1.82) is 0 Å². The van der Waals surface area contributed by atoms with Crippen LogP contribution in [-0.4, -0.2) is 17.3 Å². The fourth-order valence-electron chi connectivity index (χ4n) is 1.98. The van der Waals surface area contributed by atoms with Crippen molar-refractivity contribution < 1.29 is 4.79 Å². The molecule has 1 aromatic heterocycles. The third-order valence-corrected chi connectivity index (χ3v) is 5.17. The molecule has 1 atom stereocenters. The molecule has 2 aromatic rings. The lowest BCUT2D eigenvalue weighted by molar-refractivity contribution is 0.0945. The van der Waals surface area contributed by atoms with Crippen LogP contribution in [-0.2, 0) is 6.42 Å². The second kappa shape index (κ2) is 7.04. The molecule has 0 saturated carbocycles. The van der Waals surface area contributed by atoms with E-state index < -0.39 is 0 Å². The molecule has 0 bridgehead atoms. The number of benzene rings is 1. The number of carbonyl (C=O) groups excluding carboxylic acids is 1. The fraction of sp³-hybridized carbons (Fsp3) is 0.312. The van der Waals surface area contributed by atoms with Gasteiger partial charge in [-0.25, -0.2) is 0 Å². The molecule has 0 fully saturated rings. The van der Waals surface area contributed by atoms with Crippen molar-refractivity contribution in [3.05, 3.63) is 57.3 Å². The number of rotatable bonds is 5. The molecule has 0 radical (unpaired) electrons. The van der Waals surface area contributed by atoms with Crippen LogP contribution in [0.2, 0.25) is 0 Å². The Morgan fingerprint density at radius 1 is 1.30 bits per heavy atom. The van der Waals surface area contributed by atoms with E-state index in [9.17, 15) is 4.79 Å². The molecule has 0 aliphatic heterocycles. The molecule has 2 rings (SSSR count). The molecule has 4 heteroatoms. The molecule has 20 heavy (non-hydrogen) atoms. The molecule has 1 aromatic carbocycles.